The Labute approximate surface area is 142 Å². The fourth-order valence-electron chi connectivity index (χ4n) is 1.79. The Kier molecular flexibility index (Phi) is 13.3. The molecule has 0 saturated carbocycles. The summed E-state index contributed by atoms with van der Waals surface area (Å²) in [5.41, 5.74) is 0. The topological polar surface area (TPSA) is 54.5 Å². The molecule has 0 N–H and O–H groups in total. The minimum atomic E-state index is -3.59. The van der Waals surface area contributed by atoms with Crippen LogP contribution >= 0.6 is 7.82 Å². The summed E-state index contributed by atoms with van der Waals surface area (Å²) >= 11 is 0. The van der Waals surface area contributed by atoms with Crippen LogP contribution in [-0.4, -0.2) is 74.2 Å². The Hall–Kier alpha value is -0.0100. The summed E-state index contributed by atoms with van der Waals surface area (Å²) in [5.74, 6) is 0. The highest BCUT2D eigenvalue weighted by Crippen LogP contribution is 2.49. The highest BCUT2D eigenvalue weighted by molar-refractivity contribution is 7.48. The highest BCUT2D eigenvalue weighted by Gasteiger charge is 2.29. The fraction of sp³-hybridized carbons (Fsp3) is 1.00. The number of rotatable bonds is 15. The molecule has 0 radical (unpaired) electrons. The molecule has 0 atom stereocenters. The summed E-state index contributed by atoms with van der Waals surface area (Å²) in [6.45, 7) is 17.8. The second kappa shape index (κ2) is 13.3. The van der Waals surface area contributed by atoms with Gasteiger partial charge in [0.2, 0.25) is 0 Å². The van der Waals surface area contributed by atoms with Gasteiger partial charge in [-0.1, -0.05) is 41.5 Å². The summed E-state index contributed by atoms with van der Waals surface area (Å²) in [5, 5.41) is 0. The van der Waals surface area contributed by atoms with Crippen molar-refractivity contribution in [2.75, 3.05) is 59.5 Å². The van der Waals surface area contributed by atoms with Crippen molar-refractivity contribution in [3.8, 4) is 0 Å². The summed E-state index contributed by atoms with van der Waals surface area (Å²) in [6.07, 6.45) is 0. The van der Waals surface area contributed by atoms with E-state index in [1.165, 1.54) is 0 Å². The van der Waals surface area contributed by atoms with Gasteiger partial charge in [0.05, 0.1) is 0 Å². The second-order valence-corrected chi connectivity index (χ2v) is 6.80. The molecule has 140 valence electrons. The molecule has 7 nitrogen and oxygen atoms in total. The van der Waals surface area contributed by atoms with Gasteiger partial charge in [-0.15, -0.1) is 0 Å². The molecule has 0 aliphatic carbocycles. The lowest BCUT2D eigenvalue weighted by atomic mass is 10.6. The monoisotopic (exact) mass is 353 g/mol. The molecule has 23 heavy (non-hydrogen) atoms. The zero-order valence-electron chi connectivity index (χ0n) is 15.8. The van der Waals surface area contributed by atoms with Crippen LogP contribution < -0.4 is 0 Å². The van der Waals surface area contributed by atoms with E-state index in [0.29, 0.717) is 0 Å². The smallest absolute Gasteiger partial charge is 0.281 e. The summed E-state index contributed by atoms with van der Waals surface area (Å²) in [6, 6.07) is 0. The van der Waals surface area contributed by atoms with Crippen LogP contribution in [0.4, 0.5) is 0 Å². The van der Waals surface area contributed by atoms with Gasteiger partial charge in [-0.2, -0.15) is 0 Å². The Morgan fingerprint density at radius 2 is 0.783 bits per heavy atom. The molecule has 8 heteroatoms. The first-order valence-corrected chi connectivity index (χ1v) is 10.1. The second-order valence-electron chi connectivity index (χ2n) is 5.13. The van der Waals surface area contributed by atoms with Crippen molar-refractivity contribution in [1.82, 2.24) is 14.7 Å². The van der Waals surface area contributed by atoms with E-state index in [2.05, 4.69) is 0 Å². The normalized spacial score (nSPS) is 12.7. The van der Waals surface area contributed by atoms with Crippen molar-refractivity contribution in [2.45, 2.75) is 41.5 Å². The summed E-state index contributed by atoms with van der Waals surface area (Å²) in [4.78, 5) is 6.07. The van der Waals surface area contributed by atoms with Crippen LogP contribution in [0.5, 0.6) is 0 Å². The van der Waals surface area contributed by atoms with Crippen LogP contribution in [0.1, 0.15) is 41.5 Å². The van der Waals surface area contributed by atoms with Gasteiger partial charge in [0.15, 0.2) is 0 Å². The molecular weight excluding hydrogens is 317 g/mol. The van der Waals surface area contributed by atoms with Crippen molar-refractivity contribution < 1.29 is 18.1 Å². The Balaban J connectivity index is 4.70. The Bertz CT molecular complexity index is 274. The lowest BCUT2D eigenvalue weighted by molar-refractivity contribution is 0.0149. The zero-order valence-corrected chi connectivity index (χ0v) is 16.7. The van der Waals surface area contributed by atoms with Crippen LogP contribution in [0.3, 0.4) is 0 Å². The average Bonchev–Trinajstić information content (AvgIpc) is 2.57. The van der Waals surface area contributed by atoms with Gasteiger partial charge in [0.1, 0.15) is 20.2 Å². The molecule has 0 aromatic heterocycles. The molecule has 0 bridgehead atoms. The number of nitrogens with zero attached hydrogens (tertiary/aromatic N) is 3. The maximum Gasteiger partial charge on any atom is 0.478 e. The fourth-order valence-corrected chi connectivity index (χ4v) is 2.93. The molecule has 0 aromatic rings. The largest absolute Gasteiger partial charge is 0.478 e. The van der Waals surface area contributed by atoms with E-state index in [1.54, 1.807) is 0 Å². The van der Waals surface area contributed by atoms with E-state index in [9.17, 15) is 4.57 Å². The predicted molar refractivity (Wildman–Crippen MR) is 94.2 cm³/mol. The lowest BCUT2D eigenvalue weighted by Crippen LogP contribution is -2.30. The number of phosphoric acid groups is 1. The first-order valence-electron chi connectivity index (χ1n) is 8.69. The highest BCUT2D eigenvalue weighted by atomic mass is 31.2. The van der Waals surface area contributed by atoms with Crippen molar-refractivity contribution in [3.63, 3.8) is 0 Å². The minimum absolute atomic E-state index is 0.237. The standard InChI is InChI=1S/C15H36N3O4P/c1-7-16(8-2)13-20-23(19,21-14-17(9-3)10-4)22-15-18(11-5)12-6/h7-15H2,1-6H3. The zero-order chi connectivity index (χ0) is 17.7. The maximum atomic E-state index is 12.9. The first-order chi connectivity index (χ1) is 11.0. The van der Waals surface area contributed by atoms with E-state index in [0.717, 1.165) is 39.3 Å². The van der Waals surface area contributed by atoms with Gasteiger partial charge < -0.3 is 0 Å². The third-order valence-corrected chi connectivity index (χ3v) is 5.17. The average molecular weight is 353 g/mol. The molecule has 0 unspecified atom stereocenters. The van der Waals surface area contributed by atoms with E-state index >= 15 is 0 Å². The van der Waals surface area contributed by atoms with E-state index in [1.807, 2.05) is 56.2 Å². The van der Waals surface area contributed by atoms with Crippen LogP contribution in [-0.2, 0) is 18.1 Å². The van der Waals surface area contributed by atoms with Crippen molar-refractivity contribution >= 4 is 7.82 Å². The summed E-state index contributed by atoms with van der Waals surface area (Å²) in [7, 11) is -3.59. The quantitative estimate of drug-likeness (QED) is 0.331. The molecule has 0 spiro atoms. The van der Waals surface area contributed by atoms with Gasteiger partial charge in [0.25, 0.3) is 0 Å². The Morgan fingerprint density at radius 1 is 0.565 bits per heavy atom. The Morgan fingerprint density at radius 3 is 0.957 bits per heavy atom. The van der Waals surface area contributed by atoms with Crippen LogP contribution in [0.25, 0.3) is 0 Å². The van der Waals surface area contributed by atoms with Crippen molar-refractivity contribution in [3.05, 3.63) is 0 Å². The van der Waals surface area contributed by atoms with Gasteiger partial charge >= 0.3 is 7.82 Å². The third kappa shape index (κ3) is 9.77. The number of hydrogen-bond donors (Lipinski definition) is 0. The molecule has 0 saturated heterocycles. The van der Waals surface area contributed by atoms with Crippen molar-refractivity contribution in [1.29, 1.82) is 0 Å². The lowest BCUT2D eigenvalue weighted by Gasteiger charge is -2.27. The maximum absolute atomic E-state index is 12.9. The molecule has 0 amide bonds. The van der Waals surface area contributed by atoms with Crippen molar-refractivity contribution in [2.24, 2.45) is 0 Å². The van der Waals surface area contributed by atoms with Crippen LogP contribution in [0.15, 0.2) is 0 Å². The molecule has 0 aliphatic rings. The van der Waals surface area contributed by atoms with E-state index < -0.39 is 7.82 Å². The molecule has 0 fully saturated rings. The molecule has 0 aliphatic heterocycles. The third-order valence-electron chi connectivity index (χ3n) is 3.88. The van der Waals surface area contributed by atoms with Gasteiger partial charge in [-0.05, 0) is 39.3 Å². The summed E-state index contributed by atoms with van der Waals surface area (Å²) < 4.78 is 29.5. The van der Waals surface area contributed by atoms with E-state index in [-0.39, 0.29) is 20.2 Å². The number of phosphoric ester groups is 1. The van der Waals surface area contributed by atoms with Gasteiger partial charge in [-0.25, -0.2) is 4.57 Å². The molecule has 0 rings (SSSR count). The number of hydrogen-bond acceptors (Lipinski definition) is 7. The van der Waals surface area contributed by atoms with Gasteiger partial charge in [0, 0.05) is 0 Å². The predicted octanol–water partition coefficient (Wildman–Crippen LogP) is 3.04. The molecule has 0 heterocycles. The van der Waals surface area contributed by atoms with Crippen LogP contribution in [0.2, 0.25) is 0 Å². The molecule has 0 aromatic carbocycles. The van der Waals surface area contributed by atoms with Gasteiger partial charge in [-0.3, -0.25) is 28.3 Å². The first kappa shape index (κ1) is 23.0. The SMILES string of the molecule is CCN(CC)COP(=O)(OCN(CC)CC)OCN(CC)CC. The van der Waals surface area contributed by atoms with E-state index in [4.69, 9.17) is 13.6 Å². The van der Waals surface area contributed by atoms with Crippen LogP contribution in [0, 0.1) is 0 Å². The minimum Gasteiger partial charge on any atom is -0.281 e. The molecular formula is C15H36N3O4P.